The van der Waals surface area contributed by atoms with Crippen LogP contribution in [0.15, 0.2) is 91.0 Å². The zero-order valence-corrected chi connectivity index (χ0v) is 20.4. The second kappa shape index (κ2) is 9.50. The highest BCUT2D eigenvalue weighted by Gasteiger charge is 2.35. The molecule has 4 aromatic carbocycles. The molecule has 6 rings (SSSR count). The van der Waals surface area contributed by atoms with Gasteiger partial charge in [0.15, 0.2) is 0 Å². The number of amides is 1. The Morgan fingerprint density at radius 3 is 2.67 bits per heavy atom. The van der Waals surface area contributed by atoms with Crippen molar-refractivity contribution < 1.29 is 9.53 Å². The Hall–Kier alpha value is -4.12. The number of nitrogens with zero attached hydrogens (tertiary/aromatic N) is 3. The van der Waals surface area contributed by atoms with Crippen LogP contribution in [0.25, 0.3) is 21.8 Å². The molecule has 2 heterocycles. The fraction of sp³-hybridized carbons (Fsp3) is 0.226. The Morgan fingerprint density at radius 2 is 1.75 bits per heavy atom. The maximum atomic E-state index is 13.2. The molecule has 0 N–H and O–H groups in total. The highest BCUT2D eigenvalue weighted by Crippen LogP contribution is 2.36. The van der Waals surface area contributed by atoms with Gasteiger partial charge in [0, 0.05) is 30.8 Å². The molecule has 5 nitrogen and oxygen atoms in total. The Morgan fingerprint density at radius 1 is 0.944 bits per heavy atom. The van der Waals surface area contributed by atoms with Crippen molar-refractivity contribution in [2.75, 3.05) is 18.1 Å². The molecule has 5 aromatic rings. The highest BCUT2D eigenvalue weighted by atomic mass is 16.5. The van der Waals surface area contributed by atoms with Gasteiger partial charge >= 0.3 is 0 Å². The molecule has 1 aliphatic heterocycles. The van der Waals surface area contributed by atoms with Gasteiger partial charge in [-0.2, -0.15) is 0 Å². The van der Waals surface area contributed by atoms with E-state index in [1.165, 1.54) is 5.56 Å². The number of aryl methyl sites for hydroxylation is 2. The van der Waals surface area contributed by atoms with Crippen molar-refractivity contribution >= 4 is 33.4 Å². The minimum absolute atomic E-state index is 0.0431. The second-order valence-electron chi connectivity index (χ2n) is 9.53. The number of anilines is 1. The van der Waals surface area contributed by atoms with Crippen LogP contribution in [0.5, 0.6) is 5.75 Å². The van der Waals surface area contributed by atoms with E-state index >= 15 is 0 Å². The number of aromatic nitrogens is 2. The zero-order valence-electron chi connectivity index (χ0n) is 20.4. The molecule has 1 aliphatic rings. The molecule has 0 radical (unpaired) electrons. The number of rotatable bonds is 7. The first-order chi connectivity index (χ1) is 17.7. The van der Waals surface area contributed by atoms with Gasteiger partial charge in [0.2, 0.25) is 5.91 Å². The molecule has 1 fully saturated rings. The van der Waals surface area contributed by atoms with E-state index in [2.05, 4.69) is 60.0 Å². The normalized spacial score (nSPS) is 15.8. The monoisotopic (exact) mass is 475 g/mol. The summed E-state index contributed by atoms with van der Waals surface area (Å²) in [6.45, 7) is 4.12. The van der Waals surface area contributed by atoms with Crippen LogP contribution in [0.1, 0.15) is 30.1 Å². The summed E-state index contributed by atoms with van der Waals surface area (Å²) < 4.78 is 8.29. The van der Waals surface area contributed by atoms with Gasteiger partial charge in [-0.3, -0.25) is 4.79 Å². The van der Waals surface area contributed by atoms with Crippen LogP contribution in [0.3, 0.4) is 0 Å². The van der Waals surface area contributed by atoms with Crippen LogP contribution >= 0.6 is 0 Å². The first-order valence-electron chi connectivity index (χ1n) is 12.6. The third kappa shape index (κ3) is 4.22. The van der Waals surface area contributed by atoms with Gasteiger partial charge in [-0.05, 0) is 54.6 Å². The Balaban J connectivity index is 1.25. The number of hydrogen-bond donors (Lipinski definition) is 0. The molecule has 1 amide bonds. The SMILES string of the molecule is Cc1cccc(OCCCn2c(C3CC(=O)N(c4cccc5ccccc45)C3)nc3ccccc32)c1. The highest BCUT2D eigenvalue weighted by molar-refractivity contribution is 6.05. The molecule has 1 unspecified atom stereocenters. The van der Waals surface area contributed by atoms with Gasteiger partial charge in [0.05, 0.1) is 23.3 Å². The maximum Gasteiger partial charge on any atom is 0.227 e. The quantitative estimate of drug-likeness (QED) is 0.253. The van der Waals surface area contributed by atoms with Gasteiger partial charge in [-0.25, -0.2) is 4.98 Å². The van der Waals surface area contributed by atoms with E-state index in [0.717, 1.165) is 52.0 Å². The van der Waals surface area contributed by atoms with Crippen molar-refractivity contribution in [1.82, 2.24) is 9.55 Å². The average molecular weight is 476 g/mol. The van der Waals surface area contributed by atoms with Crippen molar-refractivity contribution in [2.24, 2.45) is 0 Å². The van der Waals surface area contributed by atoms with Crippen LogP contribution in [-0.2, 0) is 11.3 Å². The summed E-state index contributed by atoms with van der Waals surface area (Å²) in [5.74, 6) is 2.08. The lowest BCUT2D eigenvalue weighted by atomic mass is 10.1. The largest absolute Gasteiger partial charge is 0.494 e. The minimum Gasteiger partial charge on any atom is -0.494 e. The first kappa shape index (κ1) is 22.4. The average Bonchev–Trinajstić information content (AvgIpc) is 3.46. The lowest BCUT2D eigenvalue weighted by molar-refractivity contribution is -0.117. The molecule has 1 saturated heterocycles. The van der Waals surface area contributed by atoms with Crippen LogP contribution < -0.4 is 9.64 Å². The number of fused-ring (bicyclic) bond motifs is 2. The predicted octanol–water partition coefficient (Wildman–Crippen LogP) is 6.49. The summed E-state index contributed by atoms with van der Waals surface area (Å²) in [5, 5.41) is 2.25. The maximum absolute atomic E-state index is 13.2. The molecule has 0 saturated carbocycles. The summed E-state index contributed by atoms with van der Waals surface area (Å²) >= 11 is 0. The number of para-hydroxylation sites is 2. The second-order valence-corrected chi connectivity index (χ2v) is 9.53. The third-order valence-corrected chi connectivity index (χ3v) is 7.02. The van der Waals surface area contributed by atoms with Gasteiger partial charge in [-0.1, -0.05) is 60.7 Å². The van der Waals surface area contributed by atoms with Crippen LogP contribution in [0, 0.1) is 6.92 Å². The van der Waals surface area contributed by atoms with Gasteiger partial charge < -0.3 is 14.2 Å². The van der Waals surface area contributed by atoms with Crippen molar-refractivity contribution in [3.05, 3.63) is 102 Å². The molecular formula is C31H29N3O2. The predicted molar refractivity (Wildman–Crippen MR) is 145 cm³/mol. The molecule has 0 aliphatic carbocycles. The van der Waals surface area contributed by atoms with E-state index in [4.69, 9.17) is 9.72 Å². The summed E-state index contributed by atoms with van der Waals surface area (Å²) in [6, 6.07) is 30.8. The molecule has 5 heteroatoms. The number of carbonyl (C=O) groups excluding carboxylic acids is 1. The summed E-state index contributed by atoms with van der Waals surface area (Å²) in [6.07, 6.45) is 1.32. The van der Waals surface area contributed by atoms with Crippen LogP contribution in [0.2, 0.25) is 0 Å². The van der Waals surface area contributed by atoms with Gasteiger partial charge in [-0.15, -0.1) is 0 Å². The van der Waals surface area contributed by atoms with Crippen LogP contribution in [0.4, 0.5) is 5.69 Å². The Bertz CT molecular complexity index is 1550. The smallest absolute Gasteiger partial charge is 0.227 e. The third-order valence-electron chi connectivity index (χ3n) is 7.02. The number of hydrogen-bond acceptors (Lipinski definition) is 3. The molecule has 0 bridgehead atoms. The van der Waals surface area contributed by atoms with E-state index in [1.54, 1.807) is 0 Å². The van der Waals surface area contributed by atoms with E-state index in [1.807, 2.05) is 47.4 Å². The Labute approximate surface area is 210 Å². The van der Waals surface area contributed by atoms with E-state index in [0.29, 0.717) is 19.6 Å². The molecule has 180 valence electrons. The number of carbonyl (C=O) groups is 1. The molecule has 36 heavy (non-hydrogen) atoms. The standard InChI is InChI=1S/C31H29N3O2/c1-22-9-6-12-25(19-22)36-18-8-17-33-29-15-5-4-14-27(29)32-31(33)24-20-30(35)34(21-24)28-16-7-11-23-10-2-3-13-26(23)28/h2-7,9-16,19,24H,8,17-18,20-21H2,1H3. The summed E-state index contributed by atoms with van der Waals surface area (Å²) in [7, 11) is 0. The number of ether oxygens (including phenoxy) is 1. The van der Waals surface area contributed by atoms with Crippen molar-refractivity contribution in [3.8, 4) is 5.75 Å². The summed E-state index contributed by atoms with van der Waals surface area (Å²) in [5.41, 5.74) is 4.26. The topological polar surface area (TPSA) is 47.4 Å². The van der Waals surface area contributed by atoms with E-state index in [9.17, 15) is 4.79 Å². The Kier molecular flexibility index (Phi) is 5.90. The fourth-order valence-electron chi connectivity index (χ4n) is 5.32. The molecule has 1 atom stereocenters. The lowest BCUT2D eigenvalue weighted by Crippen LogP contribution is -2.24. The lowest BCUT2D eigenvalue weighted by Gasteiger charge is -2.19. The molecule has 1 aromatic heterocycles. The first-order valence-corrected chi connectivity index (χ1v) is 12.6. The van der Waals surface area contributed by atoms with Crippen LogP contribution in [-0.4, -0.2) is 28.6 Å². The van der Waals surface area contributed by atoms with E-state index in [-0.39, 0.29) is 11.8 Å². The molecule has 0 spiro atoms. The minimum atomic E-state index is 0.0431. The van der Waals surface area contributed by atoms with Crippen molar-refractivity contribution in [2.45, 2.75) is 32.2 Å². The van der Waals surface area contributed by atoms with Crippen molar-refractivity contribution in [3.63, 3.8) is 0 Å². The number of benzene rings is 4. The summed E-state index contributed by atoms with van der Waals surface area (Å²) in [4.78, 5) is 20.2. The van der Waals surface area contributed by atoms with Crippen molar-refractivity contribution in [1.29, 1.82) is 0 Å². The molecular weight excluding hydrogens is 446 g/mol. The fourth-order valence-corrected chi connectivity index (χ4v) is 5.32. The van der Waals surface area contributed by atoms with Gasteiger partial charge in [0.1, 0.15) is 11.6 Å². The van der Waals surface area contributed by atoms with Gasteiger partial charge in [0.25, 0.3) is 0 Å². The van der Waals surface area contributed by atoms with E-state index < -0.39 is 0 Å². The number of imidazole rings is 1. The zero-order chi connectivity index (χ0) is 24.5.